The average molecular weight is 255 g/mol. The van der Waals surface area contributed by atoms with Crippen LogP contribution in [0, 0.1) is 0 Å². The zero-order valence-corrected chi connectivity index (χ0v) is 10.1. The van der Waals surface area contributed by atoms with Gasteiger partial charge >= 0.3 is 0 Å². The van der Waals surface area contributed by atoms with Crippen LogP contribution in [0.5, 0.6) is 0 Å². The highest BCUT2D eigenvalue weighted by Crippen LogP contribution is 2.25. The number of H-pyrrole nitrogens is 1. The van der Waals surface area contributed by atoms with E-state index >= 15 is 0 Å². The first-order valence-corrected chi connectivity index (χ1v) is 6.21. The molecular formula is C8H9N5OS2. The van der Waals surface area contributed by atoms with Gasteiger partial charge in [0.2, 0.25) is 5.16 Å². The molecule has 84 valence electrons. The number of aromatic nitrogens is 4. The van der Waals surface area contributed by atoms with E-state index < -0.39 is 0 Å². The van der Waals surface area contributed by atoms with Gasteiger partial charge in [0.15, 0.2) is 11.0 Å². The number of carbonyl (C=O) groups is 1. The summed E-state index contributed by atoms with van der Waals surface area (Å²) in [7, 11) is 0. The van der Waals surface area contributed by atoms with Crippen molar-refractivity contribution in [2.75, 3.05) is 11.5 Å². The van der Waals surface area contributed by atoms with Crippen LogP contribution in [0.1, 0.15) is 6.92 Å². The lowest BCUT2D eigenvalue weighted by atomic mass is 10.5. The monoisotopic (exact) mass is 255 g/mol. The highest BCUT2D eigenvalue weighted by atomic mass is 32.2. The minimum Gasteiger partial charge on any atom is -0.375 e. The number of carbonyl (C=O) groups excluding carboxylic acids is 1. The van der Waals surface area contributed by atoms with Crippen molar-refractivity contribution in [3.8, 4) is 10.7 Å². The van der Waals surface area contributed by atoms with Crippen LogP contribution in [0.15, 0.2) is 11.4 Å². The molecule has 2 aromatic rings. The molecule has 0 aromatic carbocycles. The first-order chi connectivity index (χ1) is 7.65. The van der Waals surface area contributed by atoms with Crippen molar-refractivity contribution < 1.29 is 4.79 Å². The number of aromatic amines is 1. The Morgan fingerprint density at radius 1 is 1.69 bits per heavy atom. The van der Waals surface area contributed by atoms with Gasteiger partial charge in [-0.2, -0.15) is 0 Å². The quantitative estimate of drug-likeness (QED) is 0.796. The summed E-state index contributed by atoms with van der Waals surface area (Å²) in [5.74, 6) is 1.10. The van der Waals surface area contributed by atoms with Crippen molar-refractivity contribution in [2.24, 2.45) is 0 Å². The first kappa shape index (κ1) is 11.1. The van der Waals surface area contributed by atoms with Crippen LogP contribution in [0.2, 0.25) is 0 Å². The minimum absolute atomic E-state index is 0.0957. The molecular weight excluding hydrogens is 246 g/mol. The van der Waals surface area contributed by atoms with Crippen LogP contribution in [-0.4, -0.2) is 31.7 Å². The summed E-state index contributed by atoms with van der Waals surface area (Å²) >= 11 is 2.64. The molecule has 0 aliphatic heterocycles. The third-order valence-corrected chi connectivity index (χ3v) is 3.45. The summed E-state index contributed by atoms with van der Waals surface area (Å²) < 4.78 is 0. The zero-order valence-electron chi connectivity index (χ0n) is 8.43. The summed E-state index contributed by atoms with van der Waals surface area (Å²) in [6, 6.07) is 0. The molecule has 3 N–H and O–H groups in total. The summed E-state index contributed by atoms with van der Waals surface area (Å²) in [6.07, 6.45) is 1.64. The number of rotatable bonds is 4. The van der Waals surface area contributed by atoms with E-state index in [2.05, 4.69) is 20.2 Å². The molecule has 2 heterocycles. The standard InChI is InChI=1S/C8H9N5OS2/c1-4(14)3-15-8-11-6(12-13-8)5-2-10-7(9)16-5/h2H,3H2,1H3,(H2,9,10)(H,11,12,13). The van der Waals surface area contributed by atoms with Crippen molar-refractivity contribution in [1.29, 1.82) is 0 Å². The lowest BCUT2D eigenvalue weighted by Crippen LogP contribution is -1.93. The van der Waals surface area contributed by atoms with Crippen molar-refractivity contribution in [1.82, 2.24) is 20.2 Å². The third-order valence-electron chi connectivity index (χ3n) is 1.63. The molecule has 2 aromatic heterocycles. The maximum atomic E-state index is 10.8. The summed E-state index contributed by atoms with van der Waals surface area (Å²) in [6.45, 7) is 1.53. The third kappa shape index (κ3) is 2.58. The SMILES string of the molecule is CC(=O)CSc1n[nH]c(-c2cnc(N)s2)n1. The largest absolute Gasteiger partial charge is 0.375 e. The predicted molar refractivity (Wildman–Crippen MR) is 63.3 cm³/mol. The van der Waals surface area contributed by atoms with E-state index in [9.17, 15) is 4.79 Å². The molecule has 0 atom stereocenters. The second-order valence-electron chi connectivity index (χ2n) is 3.02. The number of anilines is 1. The van der Waals surface area contributed by atoms with Crippen molar-refractivity contribution in [3.05, 3.63) is 6.20 Å². The maximum absolute atomic E-state index is 10.8. The van der Waals surface area contributed by atoms with E-state index in [4.69, 9.17) is 5.73 Å². The molecule has 0 amide bonds. The molecule has 16 heavy (non-hydrogen) atoms. The topological polar surface area (TPSA) is 97.5 Å². The molecule has 0 bridgehead atoms. The number of nitrogens with zero attached hydrogens (tertiary/aromatic N) is 3. The van der Waals surface area contributed by atoms with E-state index in [0.717, 1.165) is 4.88 Å². The Balaban J connectivity index is 2.10. The average Bonchev–Trinajstić information content (AvgIpc) is 2.83. The van der Waals surface area contributed by atoms with Gasteiger partial charge in [-0.1, -0.05) is 23.1 Å². The van der Waals surface area contributed by atoms with Gasteiger partial charge in [-0.05, 0) is 6.92 Å². The predicted octanol–water partition coefficient (Wildman–Crippen LogP) is 1.19. The summed E-state index contributed by atoms with van der Waals surface area (Å²) in [4.78, 5) is 19.8. The normalized spacial score (nSPS) is 10.6. The lowest BCUT2D eigenvalue weighted by Gasteiger charge is -1.89. The van der Waals surface area contributed by atoms with Crippen LogP contribution in [0.3, 0.4) is 0 Å². The van der Waals surface area contributed by atoms with E-state index in [1.807, 2.05) is 0 Å². The minimum atomic E-state index is 0.0957. The fourth-order valence-corrected chi connectivity index (χ4v) is 2.21. The number of hydrogen-bond donors (Lipinski definition) is 2. The molecule has 0 spiro atoms. The van der Waals surface area contributed by atoms with E-state index in [1.54, 1.807) is 6.20 Å². The fraction of sp³-hybridized carbons (Fsp3) is 0.250. The summed E-state index contributed by atoms with van der Waals surface area (Å²) in [5, 5.41) is 7.81. The molecule has 0 aliphatic rings. The van der Waals surface area contributed by atoms with Gasteiger partial charge in [-0.15, -0.1) is 5.10 Å². The molecule has 0 unspecified atom stereocenters. The molecule has 6 nitrogen and oxygen atoms in total. The molecule has 8 heteroatoms. The van der Waals surface area contributed by atoms with Gasteiger partial charge in [0.25, 0.3) is 0 Å². The molecule has 0 aliphatic carbocycles. The van der Waals surface area contributed by atoms with Crippen molar-refractivity contribution in [3.63, 3.8) is 0 Å². The smallest absolute Gasteiger partial charge is 0.209 e. The number of thiazole rings is 1. The molecule has 2 rings (SSSR count). The zero-order chi connectivity index (χ0) is 11.5. The molecule has 0 saturated carbocycles. The van der Waals surface area contributed by atoms with E-state index in [-0.39, 0.29) is 5.78 Å². The van der Waals surface area contributed by atoms with Gasteiger partial charge in [-0.25, -0.2) is 9.97 Å². The van der Waals surface area contributed by atoms with Gasteiger partial charge in [0, 0.05) is 0 Å². The highest BCUT2D eigenvalue weighted by molar-refractivity contribution is 7.99. The number of thioether (sulfide) groups is 1. The maximum Gasteiger partial charge on any atom is 0.209 e. The van der Waals surface area contributed by atoms with Gasteiger partial charge < -0.3 is 5.73 Å². The van der Waals surface area contributed by atoms with Crippen LogP contribution in [0.25, 0.3) is 10.7 Å². The van der Waals surface area contributed by atoms with Gasteiger partial charge in [0.1, 0.15) is 5.78 Å². The second-order valence-corrected chi connectivity index (χ2v) is 5.02. The van der Waals surface area contributed by atoms with Crippen LogP contribution >= 0.6 is 23.1 Å². The van der Waals surface area contributed by atoms with Gasteiger partial charge in [0.05, 0.1) is 16.8 Å². The highest BCUT2D eigenvalue weighted by Gasteiger charge is 2.09. The Morgan fingerprint density at radius 2 is 2.50 bits per heavy atom. The second kappa shape index (κ2) is 4.62. The Kier molecular flexibility index (Phi) is 3.20. The van der Waals surface area contributed by atoms with Crippen molar-refractivity contribution in [2.45, 2.75) is 12.1 Å². The number of hydrogen-bond acceptors (Lipinski definition) is 7. The number of nitrogen functional groups attached to an aromatic ring is 1. The van der Waals surface area contributed by atoms with Crippen LogP contribution in [-0.2, 0) is 4.79 Å². The van der Waals surface area contributed by atoms with Crippen molar-refractivity contribution >= 4 is 34.0 Å². The summed E-state index contributed by atoms with van der Waals surface area (Å²) in [5.41, 5.74) is 5.52. The first-order valence-electron chi connectivity index (χ1n) is 4.41. The van der Waals surface area contributed by atoms with Crippen LogP contribution < -0.4 is 5.73 Å². The Labute approximate surface area is 99.7 Å². The number of nitrogens with two attached hydrogens (primary N) is 1. The Morgan fingerprint density at radius 3 is 3.12 bits per heavy atom. The fourth-order valence-electron chi connectivity index (χ4n) is 0.984. The Hall–Kier alpha value is -1.41. The van der Waals surface area contributed by atoms with E-state index in [0.29, 0.717) is 21.9 Å². The number of ketones is 1. The number of Topliss-reactive ketones (excluding diaryl/α,β-unsaturated/α-hetero) is 1. The molecule has 0 fully saturated rings. The Bertz CT molecular complexity index is 506. The molecule has 0 radical (unpaired) electrons. The number of nitrogens with one attached hydrogen (secondary N) is 1. The molecule has 0 saturated heterocycles. The van der Waals surface area contributed by atoms with Crippen LogP contribution in [0.4, 0.5) is 5.13 Å². The van der Waals surface area contributed by atoms with Gasteiger partial charge in [-0.3, -0.25) is 9.89 Å². The lowest BCUT2D eigenvalue weighted by molar-refractivity contribution is -0.114. The van der Waals surface area contributed by atoms with E-state index in [1.165, 1.54) is 30.0 Å².